The number of rotatable bonds is 4. The zero-order valence-electron chi connectivity index (χ0n) is 11.2. The Labute approximate surface area is 109 Å². The number of halogens is 1. The van der Waals surface area contributed by atoms with Crippen LogP contribution in [0.25, 0.3) is 0 Å². The summed E-state index contributed by atoms with van der Waals surface area (Å²) < 4.78 is 18.6. The maximum Gasteiger partial charge on any atom is 0.123 e. The van der Waals surface area contributed by atoms with Gasteiger partial charge >= 0.3 is 0 Å². The number of hydrogen-bond donors (Lipinski definition) is 1. The summed E-state index contributed by atoms with van der Waals surface area (Å²) in [4.78, 5) is 0. The van der Waals surface area contributed by atoms with Crippen LogP contribution in [-0.4, -0.2) is 19.3 Å². The second-order valence-electron chi connectivity index (χ2n) is 5.16. The smallest absolute Gasteiger partial charge is 0.123 e. The van der Waals surface area contributed by atoms with Gasteiger partial charge in [0.2, 0.25) is 0 Å². The number of methoxy groups -OCH3 is 1. The molecule has 0 radical (unpaired) electrons. The number of benzene rings is 1. The van der Waals surface area contributed by atoms with Crippen LogP contribution >= 0.6 is 0 Å². The lowest BCUT2D eigenvalue weighted by molar-refractivity contribution is 0.0572. The van der Waals surface area contributed by atoms with Crippen LogP contribution in [0.5, 0.6) is 0 Å². The maximum atomic E-state index is 13.2. The molecular weight excluding hydrogens is 229 g/mol. The first kappa shape index (κ1) is 13.5. The highest BCUT2D eigenvalue weighted by atomic mass is 19.1. The fourth-order valence-corrected chi connectivity index (χ4v) is 2.74. The van der Waals surface area contributed by atoms with E-state index in [1.165, 1.54) is 18.9 Å². The molecule has 18 heavy (non-hydrogen) atoms. The third-order valence-electron chi connectivity index (χ3n) is 3.79. The van der Waals surface area contributed by atoms with E-state index < -0.39 is 0 Å². The van der Waals surface area contributed by atoms with E-state index >= 15 is 0 Å². The maximum absolute atomic E-state index is 13.2. The second-order valence-corrected chi connectivity index (χ2v) is 5.16. The summed E-state index contributed by atoms with van der Waals surface area (Å²) in [5.74, 6) is -0.167. The average molecular weight is 251 g/mol. The molecule has 3 unspecified atom stereocenters. The summed E-state index contributed by atoms with van der Waals surface area (Å²) in [7, 11) is 1.78. The molecule has 3 heteroatoms. The molecule has 0 amide bonds. The largest absolute Gasteiger partial charge is 0.381 e. The summed E-state index contributed by atoms with van der Waals surface area (Å²) in [6, 6.07) is 7.48. The van der Waals surface area contributed by atoms with E-state index in [1.54, 1.807) is 19.2 Å². The van der Waals surface area contributed by atoms with E-state index in [0.717, 1.165) is 18.4 Å². The Kier molecular flexibility index (Phi) is 4.72. The molecule has 1 aliphatic carbocycles. The molecule has 0 aromatic heterocycles. The van der Waals surface area contributed by atoms with E-state index in [1.807, 2.05) is 6.07 Å². The molecule has 0 aliphatic heterocycles. The first-order chi connectivity index (χ1) is 8.69. The van der Waals surface area contributed by atoms with Crippen molar-refractivity contribution < 1.29 is 9.13 Å². The minimum Gasteiger partial charge on any atom is -0.381 e. The van der Waals surface area contributed by atoms with Gasteiger partial charge < -0.3 is 10.1 Å². The summed E-state index contributed by atoms with van der Waals surface area (Å²) in [5, 5.41) is 3.58. The van der Waals surface area contributed by atoms with Gasteiger partial charge in [-0.1, -0.05) is 12.1 Å². The monoisotopic (exact) mass is 251 g/mol. The van der Waals surface area contributed by atoms with Crippen LogP contribution in [0.15, 0.2) is 24.3 Å². The van der Waals surface area contributed by atoms with Gasteiger partial charge in [0.15, 0.2) is 0 Å². The molecule has 1 saturated carbocycles. The topological polar surface area (TPSA) is 21.3 Å². The molecular formula is C15H22FNO. The molecule has 1 fully saturated rings. The zero-order chi connectivity index (χ0) is 13.0. The van der Waals surface area contributed by atoms with Gasteiger partial charge in [-0.2, -0.15) is 0 Å². The molecule has 2 nitrogen and oxygen atoms in total. The van der Waals surface area contributed by atoms with Crippen LogP contribution in [0.4, 0.5) is 4.39 Å². The summed E-state index contributed by atoms with van der Waals surface area (Å²) in [5.41, 5.74) is 1.01. The van der Waals surface area contributed by atoms with E-state index in [9.17, 15) is 4.39 Å². The fraction of sp³-hybridized carbons (Fsp3) is 0.600. The molecule has 3 atom stereocenters. The Bertz CT molecular complexity index is 383. The van der Waals surface area contributed by atoms with Gasteiger partial charge in [-0.3, -0.25) is 0 Å². The fourth-order valence-electron chi connectivity index (χ4n) is 2.74. The Morgan fingerprint density at radius 3 is 2.94 bits per heavy atom. The summed E-state index contributed by atoms with van der Waals surface area (Å²) >= 11 is 0. The zero-order valence-corrected chi connectivity index (χ0v) is 11.2. The Morgan fingerprint density at radius 2 is 2.22 bits per heavy atom. The summed E-state index contributed by atoms with van der Waals surface area (Å²) in [6.45, 7) is 2.09. The Morgan fingerprint density at radius 1 is 1.39 bits per heavy atom. The lowest BCUT2D eigenvalue weighted by atomic mass is 9.92. The first-order valence-electron chi connectivity index (χ1n) is 6.73. The van der Waals surface area contributed by atoms with Gasteiger partial charge in [-0.25, -0.2) is 4.39 Å². The molecule has 0 spiro atoms. The third-order valence-corrected chi connectivity index (χ3v) is 3.79. The van der Waals surface area contributed by atoms with Crippen molar-refractivity contribution in [2.24, 2.45) is 0 Å². The minimum absolute atomic E-state index is 0.167. The second kappa shape index (κ2) is 6.30. The molecule has 100 valence electrons. The first-order valence-corrected chi connectivity index (χ1v) is 6.73. The van der Waals surface area contributed by atoms with Gasteiger partial charge in [0.25, 0.3) is 0 Å². The molecule has 1 N–H and O–H groups in total. The van der Waals surface area contributed by atoms with Crippen molar-refractivity contribution in [3.05, 3.63) is 35.6 Å². The van der Waals surface area contributed by atoms with Gasteiger partial charge in [-0.05, 0) is 50.3 Å². The van der Waals surface area contributed by atoms with Crippen molar-refractivity contribution in [3.63, 3.8) is 0 Å². The molecule has 1 aliphatic rings. The van der Waals surface area contributed by atoms with Crippen molar-refractivity contribution >= 4 is 0 Å². The quantitative estimate of drug-likeness (QED) is 0.885. The van der Waals surface area contributed by atoms with Crippen molar-refractivity contribution in [2.75, 3.05) is 7.11 Å². The van der Waals surface area contributed by atoms with Crippen LogP contribution in [0.3, 0.4) is 0 Å². The normalized spacial score (nSPS) is 25.9. The van der Waals surface area contributed by atoms with Crippen molar-refractivity contribution in [3.8, 4) is 0 Å². The predicted octanol–water partition coefficient (Wildman–Crippen LogP) is 3.43. The van der Waals surface area contributed by atoms with Gasteiger partial charge in [-0.15, -0.1) is 0 Å². The van der Waals surface area contributed by atoms with E-state index in [4.69, 9.17) is 4.74 Å². The van der Waals surface area contributed by atoms with Crippen molar-refractivity contribution in [2.45, 2.75) is 50.8 Å². The van der Waals surface area contributed by atoms with E-state index in [0.29, 0.717) is 12.1 Å². The SMILES string of the molecule is COC1CCCC(NC(C)c2cccc(F)c2)C1. The highest BCUT2D eigenvalue weighted by molar-refractivity contribution is 5.19. The number of ether oxygens (including phenoxy) is 1. The van der Waals surface area contributed by atoms with E-state index in [2.05, 4.69) is 12.2 Å². The van der Waals surface area contributed by atoms with Crippen LogP contribution in [0, 0.1) is 5.82 Å². The van der Waals surface area contributed by atoms with Gasteiger partial charge in [0.1, 0.15) is 5.82 Å². The number of nitrogens with one attached hydrogen (secondary N) is 1. The molecule has 1 aromatic carbocycles. The highest BCUT2D eigenvalue weighted by Gasteiger charge is 2.23. The molecule has 0 bridgehead atoms. The third kappa shape index (κ3) is 3.53. The molecule has 2 rings (SSSR count). The summed E-state index contributed by atoms with van der Waals surface area (Å²) in [6.07, 6.45) is 4.96. The standard InChI is InChI=1S/C15H22FNO/c1-11(12-5-3-6-13(16)9-12)17-14-7-4-8-15(10-14)18-2/h3,5-6,9,11,14-15,17H,4,7-8,10H2,1-2H3. The number of hydrogen-bond acceptors (Lipinski definition) is 2. The predicted molar refractivity (Wildman–Crippen MR) is 71.0 cm³/mol. The van der Waals surface area contributed by atoms with Crippen LogP contribution in [0.1, 0.15) is 44.2 Å². The molecule has 1 aromatic rings. The van der Waals surface area contributed by atoms with E-state index in [-0.39, 0.29) is 11.9 Å². The molecule has 0 heterocycles. The lowest BCUT2D eigenvalue weighted by Gasteiger charge is -2.31. The van der Waals surface area contributed by atoms with Crippen LogP contribution in [-0.2, 0) is 4.74 Å². The lowest BCUT2D eigenvalue weighted by Crippen LogP contribution is -2.38. The van der Waals surface area contributed by atoms with Crippen LogP contribution in [0.2, 0.25) is 0 Å². The van der Waals surface area contributed by atoms with Gasteiger partial charge in [0, 0.05) is 19.2 Å². The Hall–Kier alpha value is -0.930. The van der Waals surface area contributed by atoms with Crippen molar-refractivity contribution in [1.82, 2.24) is 5.32 Å². The van der Waals surface area contributed by atoms with Crippen LogP contribution < -0.4 is 5.32 Å². The Balaban J connectivity index is 1.92. The van der Waals surface area contributed by atoms with Gasteiger partial charge in [0.05, 0.1) is 6.10 Å². The molecule has 0 saturated heterocycles. The minimum atomic E-state index is -0.167. The highest BCUT2D eigenvalue weighted by Crippen LogP contribution is 2.23. The van der Waals surface area contributed by atoms with Crippen molar-refractivity contribution in [1.29, 1.82) is 0 Å². The average Bonchev–Trinajstić information content (AvgIpc) is 2.39.